The molecule has 0 amide bonds. The van der Waals surface area contributed by atoms with Gasteiger partial charge in [-0.25, -0.2) is 0 Å². The van der Waals surface area contributed by atoms with Gasteiger partial charge in [-0.05, 0) is 45.3 Å². The molecule has 0 aromatic rings. The molecule has 0 aromatic carbocycles. The molecule has 0 aromatic heterocycles. The molecule has 2 nitrogen and oxygen atoms in total. The number of rotatable bonds is 9. The predicted molar refractivity (Wildman–Crippen MR) is 71.6 cm³/mol. The van der Waals surface area contributed by atoms with Crippen molar-refractivity contribution in [1.82, 2.24) is 4.90 Å². The minimum atomic E-state index is 0.845. The molecule has 0 aliphatic heterocycles. The van der Waals surface area contributed by atoms with Crippen LogP contribution < -0.4 is 5.73 Å². The summed E-state index contributed by atoms with van der Waals surface area (Å²) in [7, 11) is 0. The van der Waals surface area contributed by atoms with E-state index >= 15 is 0 Å². The van der Waals surface area contributed by atoms with Crippen molar-refractivity contribution in [3.63, 3.8) is 0 Å². The van der Waals surface area contributed by atoms with E-state index in [0.29, 0.717) is 0 Å². The summed E-state index contributed by atoms with van der Waals surface area (Å²) in [5.41, 5.74) is 5.63. The van der Waals surface area contributed by atoms with E-state index in [1.807, 2.05) is 0 Å². The standard InChI is InChI=1S/C14H30N2/c1-2-3-4-7-12-16(13-8-11-15)14-9-5-6-10-14/h14H,2-13,15H2,1H3. The fourth-order valence-electron chi connectivity index (χ4n) is 2.78. The zero-order valence-electron chi connectivity index (χ0n) is 11.1. The molecule has 1 aliphatic carbocycles. The van der Waals surface area contributed by atoms with Gasteiger partial charge in [0.05, 0.1) is 0 Å². The lowest BCUT2D eigenvalue weighted by Crippen LogP contribution is -2.35. The fraction of sp³-hybridized carbons (Fsp3) is 1.00. The third-order valence-electron chi connectivity index (χ3n) is 3.79. The Kier molecular flexibility index (Phi) is 7.87. The number of nitrogens with zero attached hydrogens (tertiary/aromatic N) is 1. The van der Waals surface area contributed by atoms with Crippen molar-refractivity contribution in [2.45, 2.75) is 70.8 Å². The Morgan fingerprint density at radius 1 is 1.00 bits per heavy atom. The Labute approximate surface area is 102 Å². The molecule has 0 bridgehead atoms. The highest BCUT2D eigenvalue weighted by Crippen LogP contribution is 2.24. The summed E-state index contributed by atoms with van der Waals surface area (Å²) in [5.74, 6) is 0. The topological polar surface area (TPSA) is 29.3 Å². The molecule has 0 atom stereocenters. The van der Waals surface area contributed by atoms with Crippen LogP contribution in [0.15, 0.2) is 0 Å². The van der Waals surface area contributed by atoms with Crippen LogP contribution in [0, 0.1) is 0 Å². The molecule has 0 heterocycles. The molecule has 2 heteroatoms. The van der Waals surface area contributed by atoms with Crippen LogP contribution in [0.1, 0.15) is 64.7 Å². The molecular weight excluding hydrogens is 196 g/mol. The number of unbranched alkanes of at least 4 members (excludes halogenated alkanes) is 3. The second kappa shape index (κ2) is 9.00. The molecule has 2 N–H and O–H groups in total. The molecule has 1 saturated carbocycles. The molecular formula is C14H30N2. The first-order valence-electron chi connectivity index (χ1n) is 7.32. The largest absolute Gasteiger partial charge is 0.330 e. The van der Waals surface area contributed by atoms with E-state index in [1.54, 1.807) is 0 Å². The van der Waals surface area contributed by atoms with Crippen molar-refractivity contribution < 1.29 is 0 Å². The van der Waals surface area contributed by atoms with Gasteiger partial charge < -0.3 is 10.6 Å². The predicted octanol–water partition coefficient (Wildman–Crippen LogP) is 3.16. The van der Waals surface area contributed by atoms with E-state index < -0.39 is 0 Å². The van der Waals surface area contributed by atoms with Gasteiger partial charge in [-0.1, -0.05) is 39.0 Å². The van der Waals surface area contributed by atoms with Gasteiger partial charge in [0.25, 0.3) is 0 Å². The van der Waals surface area contributed by atoms with Crippen molar-refractivity contribution in [2.24, 2.45) is 5.73 Å². The van der Waals surface area contributed by atoms with Crippen molar-refractivity contribution >= 4 is 0 Å². The third kappa shape index (κ3) is 5.31. The fourth-order valence-corrected chi connectivity index (χ4v) is 2.78. The molecule has 1 fully saturated rings. The molecule has 1 rings (SSSR count). The van der Waals surface area contributed by atoms with E-state index in [9.17, 15) is 0 Å². The Morgan fingerprint density at radius 3 is 2.31 bits per heavy atom. The monoisotopic (exact) mass is 226 g/mol. The van der Waals surface area contributed by atoms with Crippen LogP contribution >= 0.6 is 0 Å². The Hall–Kier alpha value is -0.0800. The highest BCUT2D eigenvalue weighted by Gasteiger charge is 2.21. The van der Waals surface area contributed by atoms with Crippen LogP contribution in [0.5, 0.6) is 0 Å². The molecule has 0 unspecified atom stereocenters. The molecule has 1 aliphatic rings. The second-order valence-corrected chi connectivity index (χ2v) is 5.18. The maximum Gasteiger partial charge on any atom is 0.00952 e. The lowest BCUT2D eigenvalue weighted by molar-refractivity contribution is 0.193. The number of hydrogen-bond donors (Lipinski definition) is 1. The normalized spacial score (nSPS) is 17.4. The van der Waals surface area contributed by atoms with Crippen molar-refractivity contribution in [3.8, 4) is 0 Å². The van der Waals surface area contributed by atoms with Crippen LogP contribution in [-0.4, -0.2) is 30.6 Å². The summed E-state index contributed by atoms with van der Waals surface area (Å²) in [5, 5.41) is 0. The lowest BCUT2D eigenvalue weighted by atomic mass is 10.1. The molecule has 0 radical (unpaired) electrons. The SMILES string of the molecule is CCCCCCN(CCCN)C1CCCC1. The Balaban J connectivity index is 2.19. The minimum Gasteiger partial charge on any atom is -0.330 e. The Morgan fingerprint density at radius 2 is 1.69 bits per heavy atom. The maximum absolute atomic E-state index is 5.63. The lowest BCUT2D eigenvalue weighted by Gasteiger charge is -2.28. The first-order valence-corrected chi connectivity index (χ1v) is 7.32. The molecule has 0 saturated heterocycles. The third-order valence-corrected chi connectivity index (χ3v) is 3.79. The quantitative estimate of drug-likeness (QED) is 0.612. The summed E-state index contributed by atoms with van der Waals surface area (Å²) < 4.78 is 0. The van der Waals surface area contributed by atoms with Gasteiger partial charge in [0.1, 0.15) is 0 Å². The van der Waals surface area contributed by atoms with E-state index in [4.69, 9.17) is 5.73 Å². The van der Waals surface area contributed by atoms with E-state index in [1.165, 1.54) is 70.9 Å². The minimum absolute atomic E-state index is 0.845. The summed E-state index contributed by atoms with van der Waals surface area (Å²) in [6, 6.07) is 0.883. The van der Waals surface area contributed by atoms with Gasteiger partial charge in [0.15, 0.2) is 0 Å². The van der Waals surface area contributed by atoms with Gasteiger partial charge in [-0.3, -0.25) is 0 Å². The molecule has 16 heavy (non-hydrogen) atoms. The first-order chi connectivity index (χ1) is 7.88. The van der Waals surface area contributed by atoms with Gasteiger partial charge in [0, 0.05) is 6.04 Å². The smallest absolute Gasteiger partial charge is 0.00952 e. The van der Waals surface area contributed by atoms with E-state index in [2.05, 4.69) is 11.8 Å². The summed E-state index contributed by atoms with van der Waals surface area (Å²) in [6.07, 6.45) is 12.4. The van der Waals surface area contributed by atoms with Crippen molar-refractivity contribution in [1.29, 1.82) is 0 Å². The van der Waals surface area contributed by atoms with Crippen LogP contribution in [0.4, 0.5) is 0 Å². The summed E-state index contributed by atoms with van der Waals surface area (Å²) >= 11 is 0. The highest BCUT2D eigenvalue weighted by molar-refractivity contribution is 4.77. The zero-order valence-corrected chi connectivity index (χ0v) is 11.1. The Bertz CT molecular complexity index is 153. The van der Waals surface area contributed by atoms with Gasteiger partial charge in [-0.2, -0.15) is 0 Å². The summed E-state index contributed by atoms with van der Waals surface area (Å²) in [6.45, 7) is 5.67. The van der Waals surface area contributed by atoms with Crippen molar-refractivity contribution in [3.05, 3.63) is 0 Å². The van der Waals surface area contributed by atoms with Gasteiger partial charge >= 0.3 is 0 Å². The second-order valence-electron chi connectivity index (χ2n) is 5.18. The average molecular weight is 226 g/mol. The van der Waals surface area contributed by atoms with Crippen LogP contribution in [-0.2, 0) is 0 Å². The average Bonchev–Trinajstić information content (AvgIpc) is 2.82. The van der Waals surface area contributed by atoms with E-state index in [-0.39, 0.29) is 0 Å². The van der Waals surface area contributed by atoms with Crippen LogP contribution in [0.25, 0.3) is 0 Å². The zero-order chi connectivity index (χ0) is 11.6. The van der Waals surface area contributed by atoms with E-state index in [0.717, 1.165) is 12.6 Å². The van der Waals surface area contributed by atoms with Gasteiger partial charge in [0.2, 0.25) is 0 Å². The van der Waals surface area contributed by atoms with Crippen LogP contribution in [0.2, 0.25) is 0 Å². The number of nitrogens with two attached hydrogens (primary N) is 1. The molecule has 96 valence electrons. The maximum atomic E-state index is 5.63. The molecule has 0 spiro atoms. The first kappa shape index (κ1) is 14.0. The van der Waals surface area contributed by atoms with Crippen LogP contribution in [0.3, 0.4) is 0 Å². The number of hydrogen-bond acceptors (Lipinski definition) is 2. The summed E-state index contributed by atoms with van der Waals surface area (Å²) in [4.78, 5) is 2.72. The highest BCUT2D eigenvalue weighted by atomic mass is 15.2. The van der Waals surface area contributed by atoms with Gasteiger partial charge in [-0.15, -0.1) is 0 Å². The van der Waals surface area contributed by atoms with Crippen molar-refractivity contribution in [2.75, 3.05) is 19.6 Å².